The summed E-state index contributed by atoms with van der Waals surface area (Å²) in [6.45, 7) is 4.70. The second-order valence-electron chi connectivity index (χ2n) is 15.3. The van der Waals surface area contributed by atoms with Crippen molar-refractivity contribution in [3.05, 3.63) is 194 Å². The van der Waals surface area contributed by atoms with Crippen LogP contribution in [0.25, 0.3) is 110 Å². The Balaban J connectivity index is 0.949. The Hall–Kier alpha value is -8.02. The minimum absolute atomic E-state index is 0.821. The Morgan fingerprint density at radius 2 is 0.932 bits per heavy atom. The van der Waals surface area contributed by atoms with Gasteiger partial charge in [0.1, 0.15) is 44.7 Å². The van der Waals surface area contributed by atoms with Crippen LogP contribution in [-0.4, -0.2) is 0 Å². The SMILES string of the molecule is C=C1/C=C(c2ccc3oc4c(ccc5oc6ccccc6c54)c3c2)\C=C/N(c2ccccc2)c2ccc(-c3ccc4oc5c(ccc6oc7ccccc7c65)c4c3)cc21. The van der Waals surface area contributed by atoms with Crippen LogP contribution in [-0.2, 0) is 0 Å². The molecule has 5 nitrogen and oxygen atoms in total. The van der Waals surface area contributed by atoms with Gasteiger partial charge in [0.05, 0.1) is 16.5 Å². The molecule has 0 fully saturated rings. The molecular weight excluding hydrogens is 727 g/mol. The molecule has 0 spiro atoms. The van der Waals surface area contributed by atoms with E-state index in [0.717, 1.165) is 133 Å². The van der Waals surface area contributed by atoms with Crippen LogP contribution < -0.4 is 4.90 Å². The standard InChI is InChI=1S/C54H31NO4/c1-31-27-35(34-17-22-48-43(30-34)38-19-24-50-52(54(38)59-48)40-12-6-8-14-46(40)57-50)25-26-55(36-9-3-2-4-10-36)44-20-15-32(28-41(31)44)33-16-21-47-42(29-33)37-18-23-49-51(53(37)58-47)39-11-5-7-13-45(39)56-49/h2-30H,1H2/b26-25-,35-27+. The molecule has 5 heterocycles. The van der Waals surface area contributed by atoms with Crippen molar-refractivity contribution in [3.63, 3.8) is 0 Å². The normalized spacial score (nSPS) is 14.9. The van der Waals surface area contributed by atoms with Crippen molar-refractivity contribution >= 4 is 110 Å². The average Bonchev–Trinajstić information content (AvgIpc) is 4.05. The van der Waals surface area contributed by atoms with Crippen molar-refractivity contribution in [2.24, 2.45) is 0 Å². The van der Waals surface area contributed by atoms with Crippen LogP contribution in [0.2, 0.25) is 0 Å². The zero-order valence-corrected chi connectivity index (χ0v) is 31.5. The first-order chi connectivity index (χ1) is 29.1. The fourth-order valence-corrected chi connectivity index (χ4v) is 9.17. The van der Waals surface area contributed by atoms with Gasteiger partial charge in [0.15, 0.2) is 0 Å². The van der Waals surface area contributed by atoms with Gasteiger partial charge >= 0.3 is 0 Å². The quantitative estimate of drug-likeness (QED) is 0.180. The molecule has 1 aliphatic heterocycles. The molecule has 0 unspecified atom stereocenters. The van der Waals surface area contributed by atoms with E-state index in [1.54, 1.807) is 0 Å². The lowest BCUT2D eigenvalue weighted by Crippen LogP contribution is -2.12. The van der Waals surface area contributed by atoms with Gasteiger partial charge in [-0.3, -0.25) is 0 Å². The summed E-state index contributed by atoms with van der Waals surface area (Å²) < 4.78 is 25.5. The van der Waals surface area contributed by atoms with Gasteiger partial charge in [0.25, 0.3) is 0 Å². The largest absolute Gasteiger partial charge is 0.456 e. The molecule has 8 aromatic carbocycles. The Kier molecular flexibility index (Phi) is 6.53. The first kappa shape index (κ1) is 32.1. The van der Waals surface area contributed by atoms with Crippen LogP contribution >= 0.6 is 0 Å². The molecule has 276 valence electrons. The van der Waals surface area contributed by atoms with E-state index in [9.17, 15) is 0 Å². The van der Waals surface area contributed by atoms with Crippen LogP contribution in [0.3, 0.4) is 0 Å². The summed E-state index contributed by atoms with van der Waals surface area (Å²) in [5, 5.41) is 8.36. The molecule has 0 bridgehead atoms. The Morgan fingerprint density at radius 1 is 0.407 bits per heavy atom. The van der Waals surface area contributed by atoms with Gasteiger partial charge in [-0.1, -0.05) is 79.4 Å². The molecule has 0 radical (unpaired) electrons. The highest BCUT2D eigenvalue weighted by molar-refractivity contribution is 6.23. The smallest absolute Gasteiger partial charge is 0.147 e. The van der Waals surface area contributed by atoms with E-state index in [0.29, 0.717) is 0 Å². The highest BCUT2D eigenvalue weighted by Gasteiger charge is 2.21. The molecule has 0 aliphatic carbocycles. The summed E-state index contributed by atoms with van der Waals surface area (Å²) in [6, 6.07) is 54.6. The number of hydrogen-bond acceptors (Lipinski definition) is 5. The maximum absolute atomic E-state index is 6.56. The van der Waals surface area contributed by atoms with E-state index in [1.807, 2.05) is 42.5 Å². The van der Waals surface area contributed by atoms with E-state index < -0.39 is 0 Å². The van der Waals surface area contributed by atoms with E-state index in [4.69, 9.17) is 24.2 Å². The summed E-state index contributed by atoms with van der Waals surface area (Å²) in [5.41, 5.74) is 15.1. The molecule has 4 aromatic heterocycles. The molecule has 0 amide bonds. The van der Waals surface area contributed by atoms with Gasteiger partial charge in [0, 0.05) is 49.8 Å². The van der Waals surface area contributed by atoms with E-state index in [2.05, 4.69) is 139 Å². The Bertz CT molecular complexity index is 3810. The van der Waals surface area contributed by atoms with Crippen LogP contribution in [0.4, 0.5) is 11.4 Å². The van der Waals surface area contributed by atoms with Crippen molar-refractivity contribution in [1.29, 1.82) is 0 Å². The summed E-state index contributed by atoms with van der Waals surface area (Å²) in [6.07, 6.45) is 6.53. The van der Waals surface area contributed by atoms with Gasteiger partial charge in [-0.15, -0.1) is 0 Å². The van der Waals surface area contributed by atoms with Gasteiger partial charge in [-0.2, -0.15) is 0 Å². The minimum atomic E-state index is 0.821. The lowest BCUT2D eigenvalue weighted by Gasteiger charge is -2.26. The fourth-order valence-electron chi connectivity index (χ4n) is 9.17. The zero-order valence-electron chi connectivity index (χ0n) is 31.5. The summed E-state index contributed by atoms with van der Waals surface area (Å²) in [7, 11) is 0. The molecular formula is C54H31NO4. The number of furan rings is 4. The highest BCUT2D eigenvalue weighted by atomic mass is 16.4. The maximum Gasteiger partial charge on any atom is 0.147 e. The van der Waals surface area contributed by atoms with Gasteiger partial charge in [0.2, 0.25) is 0 Å². The summed E-state index contributed by atoms with van der Waals surface area (Å²) in [4.78, 5) is 2.25. The summed E-state index contributed by atoms with van der Waals surface area (Å²) in [5.74, 6) is 0. The fraction of sp³-hybridized carbons (Fsp3) is 0. The zero-order chi connectivity index (χ0) is 38.8. The predicted octanol–water partition coefficient (Wildman–Crippen LogP) is 15.7. The first-order valence-corrected chi connectivity index (χ1v) is 19.7. The average molecular weight is 758 g/mol. The van der Waals surface area contributed by atoms with E-state index in [1.165, 1.54) is 0 Å². The third-order valence-electron chi connectivity index (χ3n) is 12.0. The topological polar surface area (TPSA) is 55.8 Å². The Labute approximate surface area is 336 Å². The number of anilines is 2. The molecule has 5 heteroatoms. The lowest BCUT2D eigenvalue weighted by molar-refractivity contribution is 0.662. The lowest BCUT2D eigenvalue weighted by atomic mass is 9.92. The maximum atomic E-state index is 6.56. The Morgan fingerprint density at radius 3 is 1.59 bits per heavy atom. The van der Waals surface area contributed by atoms with Crippen LogP contribution in [0.15, 0.2) is 200 Å². The molecule has 59 heavy (non-hydrogen) atoms. The summed E-state index contributed by atoms with van der Waals surface area (Å²) >= 11 is 0. The van der Waals surface area contributed by atoms with Crippen molar-refractivity contribution in [2.45, 2.75) is 0 Å². The van der Waals surface area contributed by atoms with Crippen molar-refractivity contribution in [1.82, 2.24) is 0 Å². The van der Waals surface area contributed by atoms with Crippen molar-refractivity contribution < 1.29 is 17.7 Å². The van der Waals surface area contributed by atoms with Crippen LogP contribution in [0.5, 0.6) is 0 Å². The monoisotopic (exact) mass is 757 g/mol. The second kappa shape index (κ2) is 12.0. The van der Waals surface area contributed by atoms with Crippen LogP contribution in [0.1, 0.15) is 11.1 Å². The third-order valence-corrected chi connectivity index (χ3v) is 12.0. The van der Waals surface area contributed by atoms with Crippen molar-refractivity contribution in [2.75, 3.05) is 4.90 Å². The molecule has 12 aromatic rings. The van der Waals surface area contributed by atoms with Crippen molar-refractivity contribution in [3.8, 4) is 11.1 Å². The predicted molar refractivity (Wildman–Crippen MR) is 242 cm³/mol. The first-order valence-electron chi connectivity index (χ1n) is 19.7. The van der Waals surface area contributed by atoms with Gasteiger partial charge < -0.3 is 22.6 Å². The molecule has 0 N–H and O–H groups in total. The number of para-hydroxylation sites is 3. The van der Waals surface area contributed by atoms with Gasteiger partial charge in [-0.05, 0) is 125 Å². The number of benzene rings is 8. The number of allylic oxidation sites excluding steroid dienone is 4. The third kappa shape index (κ3) is 4.73. The molecule has 1 aliphatic rings. The highest BCUT2D eigenvalue weighted by Crippen LogP contribution is 2.44. The molecule has 0 saturated carbocycles. The molecule has 0 atom stereocenters. The number of fused-ring (bicyclic) bond motifs is 15. The molecule has 0 saturated heterocycles. The second-order valence-corrected chi connectivity index (χ2v) is 15.3. The van der Waals surface area contributed by atoms with Gasteiger partial charge in [-0.25, -0.2) is 0 Å². The number of nitrogens with zero attached hydrogens (tertiary/aromatic N) is 1. The molecule has 13 rings (SSSR count). The van der Waals surface area contributed by atoms with E-state index in [-0.39, 0.29) is 0 Å². The number of rotatable bonds is 3. The minimum Gasteiger partial charge on any atom is -0.456 e. The van der Waals surface area contributed by atoms with Crippen LogP contribution in [0, 0.1) is 0 Å². The van der Waals surface area contributed by atoms with E-state index >= 15 is 0 Å². The number of hydrogen-bond donors (Lipinski definition) is 0.